The lowest BCUT2D eigenvalue weighted by Gasteiger charge is -2.12. The molecule has 0 heterocycles. The maximum Gasteiger partial charge on any atom is 0.343 e. The van der Waals surface area contributed by atoms with Gasteiger partial charge in [0.1, 0.15) is 11.4 Å². The first-order valence-electron chi connectivity index (χ1n) is 4.81. The minimum absolute atomic E-state index is 0.100. The van der Waals surface area contributed by atoms with Gasteiger partial charge in [-0.1, -0.05) is 13.0 Å². The van der Waals surface area contributed by atoms with E-state index >= 15 is 0 Å². The summed E-state index contributed by atoms with van der Waals surface area (Å²) < 4.78 is 18.3. The van der Waals surface area contributed by atoms with Gasteiger partial charge in [-0.25, -0.2) is 9.18 Å². The molecule has 4 heteroatoms. The summed E-state index contributed by atoms with van der Waals surface area (Å²) >= 11 is 0. The highest BCUT2D eigenvalue weighted by Crippen LogP contribution is 2.17. The molecule has 1 aromatic carbocycles. The average molecular weight is 211 g/mol. The Bertz CT molecular complexity index is 345. The Morgan fingerprint density at radius 1 is 1.60 bits per heavy atom. The number of anilines is 1. The molecule has 0 aromatic heterocycles. The highest BCUT2D eigenvalue weighted by molar-refractivity contribution is 5.95. The number of nitrogens with two attached hydrogens (primary N) is 1. The van der Waals surface area contributed by atoms with E-state index in [0.29, 0.717) is 6.42 Å². The van der Waals surface area contributed by atoms with Crippen LogP contribution in [-0.2, 0) is 4.74 Å². The predicted molar refractivity (Wildman–Crippen MR) is 56.0 cm³/mol. The van der Waals surface area contributed by atoms with E-state index in [1.54, 1.807) is 6.92 Å². The van der Waals surface area contributed by atoms with Gasteiger partial charge in [-0.3, -0.25) is 0 Å². The molecule has 0 amide bonds. The number of carbonyl (C=O) groups excluding carboxylic acids is 1. The fourth-order valence-corrected chi connectivity index (χ4v) is 1.08. The molecule has 0 fully saturated rings. The van der Waals surface area contributed by atoms with Gasteiger partial charge in [0, 0.05) is 5.69 Å². The van der Waals surface area contributed by atoms with Gasteiger partial charge in [0.2, 0.25) is 0 Å². The van der Waals surface area contributed by atoms with Crippen LogP contribution in [0.5, 0.6) is 0 Å². The first-order valence-corrected chi connectivity index (χ1v) is 4.81. The van der Waals surface area contributed by atoms with E-state index in [1.165, 1.54) is 18.2 Å². The average Bonchev–Trinajstić information content (AvgIpc) is 2.17. The molecular weight excluding hydrogens is 197 g/mol. The first kappa shape index (κ1) is 11.5. The summed E-state index contributed by atoms with van der Waals surface area (Å²) in [6.07, 6.45) is 0.441. The zero-order valence-corrected chi connectivity index (χ0v) is 8.79. The van der Waals surface area contributed by atoms with Crippen LogP contribution in [0.4, 0.5) is 10.1 Å². The van der Waals surface area contributed by atoms with Crippen LogP contribution >= 0.6 is 0 Å². The summed E-state index contributed by atoms with van der Waals surface area (Å²) in [4.78, 5) is 11.5. The number of nitrogen functional groups attached to an aromatic ring is 1. The molecule has 0 aliphatic carbocycles. The van der Waals surface area contributed by atoms with Crippen molar-refractivity contribution >= 4 is 11.7 Å². The number of hydrogen-bond donors (Lipinski definition) is 1. The second-order valence-corrected chi connectivity index (χ2v) is 3.33. The van der Waals surface area contributed by atoms with E-state index in [2.05, 4.69) is 0 Å². The van der Waals surface area contributed by atoms with E-state index in [-0.39, 0.29) is 17.4 Å². The van der Waals surface area contributed by atoms with Gasteiger partial charge < -0.3 is 10.5 Å². The molecule has 82 valence electrons. The van der Waals surface area contributed by atoms with Crippen molar-refractivity contribution in [2.45, 2.75) is 26.4 Å². The van der Waals surface area contributed by atoms with Crippen LogP contribution in [0.15, 0.2) is 18.2 Å². The molecule has 0 aliphatic heterocycles. The maximum atomic E-state index is 13.3. The lowest BCUT2D eigenvalue weighted by Crippen LogP contribution is -2.16. The van der Waals surface area contributed by atoms with Gasteiger partial charge in [-0.05, 0) is 25.5 Å². The highest BCUT2D eigenvalue weighted by Gasteiger charge is 2.18. The van der Waals surface area contributed by atoms with Gasteiger partial charge in [0.25, 0.3) is 0 Å². The molecule has 3 nitrogen and oxygen atoms in total. The smallest absolute Gasteiger partial charge is 0.343 e. The number of benzene rings is 1. The van der Waals surface area contributed by atoms with Gasteiger partial charge in [-0.2, -0.15) is 0 Å². The zero-order valence-electron chi connectivity index (χ0n) is 8.79. The van der Waals surface area contributed by atoms with E-state index in [9.17, 15) is 9.18 Å². The lowest BCUT2D eigenvalue weighted by atomic mass is 10.1. The molecule has 1 atom stereocenters. The Kier molecular flexibility index (Phi) is 3.66. The molecule has 0 aliphatic rings. The molecule has 1 rings (SSSR count). The fourth-order valence-electron chi connectivity index (χ4n) is 1.08. The molecular formula is C11H14FNO2. The zero-order chi connectivity index (χ0) is 11.4. The number of esters is 1. The van der Waals surface area contributed by atoms with Crippen LogP contribution in [0.1, 0.15) is 30.6 Å². The monoisotopic (exact) mass is 211 g/mol. The number of rotatable bonds is 3. The molecule has 1 aromatic rings. The molecule has 15 heavy (non-hydrogen) atoms. The van der Waals surface area contributed by atoms with Gasteiger partial charge in [0.05, 0.1) is 6.10 Å². The molecule has 0 radical (unpaired) electrons. The quantitative estimate of drug-likeness (QED) is 0.616. The minimum Gasteiger partial charge on any atom is -0.459 e. The summed E-state index contributed by atoms with van der Waals surface area (Å²) in [5.41, 5.74) is 5.42. The number of hydrogen-bond acceptors (Lipinski definition) is 3. The predicted octanol–water partition coefficient (Wildman–Crippen LogP) is 2.36. The standard InChI is InChI=1S/C11H14FNO2/c1-3-7(2)15-11(14)10-8(12)5-4-6-9(10)13/h4-7H,3,13H2,1-2H3. The fraction of sp³-hybridized carbons (Fsp3) is 0.364. The molecule has 1 unspecified atom stereocenters. The Labute approximate surface area is 88.0 Å². The maximum absolute atomic E-state index is 13.3. The van der Waals surface area contributed by atoms with E-state index in [0.717, 1.165) is 0 Å². The second kappa shape index (κ2) is 4.77. The number of ether oxygens (including phenoxy) is 1. The summed E-state index contributed by atoms with van der Waals surface area (Å²) in [5, 5.41) is 0. The van der Waals surface area contributed by atoms with E-state index in [1.807, 2.05) is 6.92 Å². The van der Waals surface area contributed by atoms with Crippen molar-refractivity contribution < 1.29 is 13.9 Å². The third-order valence-corrected chi connectivity index (χ3v) is 2.13. The molecule has 2 N–H and O–H groups in total. The molecule has 0 saturated heterocycles. The normalized spacial score (nSPS) is 12.2. The van der Waals surface area contributed by atoms with Crippen molar-refractivity contribution in [2.75, 3.05) is 5.73 Å². The summed E-state index contributed by atoms with van der Waals surface area (Å²) in [6.45, 7) is 3.62. The summed E-state index contributed by atoms with van der Waals surface area (Å²) in [5.74, 6) is -1.36. The van der Waals surface area contributed by atoms with Crippen molar-refractivity contribution in [1.82, 2.24) is 0 Å². The first-order chi connectivity index (χ1) is 7.06. The minimum atomic E-state index is -0.708. The van der Waals surface area contributed by atoms with Crippen molar-refractivity contribution in [3.63, 3.8) is 0 Å². The molecule has 0 bridgehead atoms. The Hall–Kier alpha value is -1.58. The van der Waals surface area contributed by atoms with Crippen LogP contribution in [0.2, 0.25) is 0 Å². The number of halogens is 1. The van der Waals surface area contributed by atoms with Crippen molar-refractivity contribution in [1.29, 1.82) is 0 Å². The third kappa shape index (κ3) is 2.68. The second-order valence-electron chi connectivity index (χ2n) is 3.33. The van der Waals surface area contributed by atoms with Crippen LogP contribution in [0, 0.1) is 5.82 Å². The van der Waals surface area contributed by atoms with Crippen molar-refractivity contribution in [3.05, 3.63) is 29.6 Å². The van der Waals surface area contributed by atoms with E-state index in [4.69, 9.17) is 10.5 Å². The van der Waals surface area contributed by atoms with Crippen LogP contribution < -0.4 is 5.73 Å². The summed E-state index contributed by atoms with van der Waals surface area (Å²) in [7, 11) is 0. The third-order valence-electron chi connectivity index (χ3n) is 2.13. The topological polar surface area (TPSA) is 52.3 Å². The Balaban J connectivity index is 2.91. The van der Waals surface area contributed by atoms with Crippen molar-refractivity contribution in [3.8, 4) is 0 Å². The SMILES string of the molecule is CCC(C)OC(=O)c1c(N)cccc1F. The van der Waals surface area contributed by atoms with Crippen LogP contribution in [0.3, 0.4) is 0 Å². The molecule has 0 spiro atoms. The summed E-state index contributed by atoms with van der Waals surface area (Å²) in [6, 6.07) is 4.10. The molecule has 0 saturated carbocycles. The Morgan fingerprint density at radius 3 is 2.80 bits per heavy atom. The largest absolute Gasteiger partial charge is 0.459 e. The van der Waals surface area contributed by atoms with Gasteiger partial charge >= 0.3 is 5.97 Å². The number of carbonyl (C=O) groups is 1. The lowest BCUT2D eigenvalue weighted by molar-refractivity contribution is 0.0330. The van der Waals surface area contributed by atoms with Crippen molar-refractivity contribution in [2.24, 2.45) is 0 Å². The van der Waals surface area contributed by atoms with Crippen LogP contribution in [0.25, 0.3) is 0 Å². The van der Waals surface area contributed by atoms with Gasteiger partial charge in [-0.15, -0.1) is 0 Å². The van der Waals surface area contributed by atoms with Crippen LogP contribution in [-0.4, -0.2) is 12.1 Å². The van der Waals surface area contributed by atoms with Gasteiger partial charge in [0.15, 0.2) is 0 Å². The van der Waals surface area contributed by atoms with E-state index < -0.39 is 11.8 Å². The highest BCUT2D eigenvalue weighted by atomic mass is 19.1. The Morgan fingerprint density at radius 2 is 2.27 bits per heavy atom.